The summed E-state index contributed by atoms with van der Waals surface area (Å²) in [5.41, 5.74) is 3.08. The topological polar surface area (TPSA) is 73.9 Å². The van der Waals surface area contributed by atoms with E-state index in [1.165, 1.54) is 11.3 Å². The number of nitrogens with one attached hydrogen (secondary N) is 1. The molecule has 0 unspecified atom stereocenters. The predicted octanol–water partition coefficient (Wildman–Crippen LogP) is 3.97. The van der Waals surface area contributed by atoms with Crippen molar-refractivity contribution >= 4 is 23.2 Å². The number of thiophene rings is 1. The van der Waals surface area contributed by atoms with Crippen LogP contribution in [0.5, 0.6) is 11.5 Å². The van der Waals surface area contributed by atoms with Crippen molar-refractivity contribution in [1.29, 1.82) is 0 Å². The standard InChI is InChI=1S/C23H21NO5S/c1-15-2-4-16(5-3-15)13-24-22(25)14-29-23(26)21-9-8-20(30-21)17-6-7-18-19(12-17)28-11-10-27-18/h2-9,12H,10-11,13-14H2,1H3,(H,24,25). The number of ether oxygens (including phenoxy) is 3. The van der Waals surface area contributed by atoms with Crippen molar-refractivity contribution in [3.05, 3.63) is 70.6 Å². The minimum Gasteiger partial charge on any atom is -0.486 e. The smallest absolute Gasteiger partial charge is 0.348 e. The summed E-state index contributed by atoms with van der Waals surface area (Å²) in [7, 11) is 0. The van der Waals surface area contributed by atoms with Gasteiger partial charge in [0.1, 0.15) is 18.1 Å². The van der Waals surface area contributed by atoms with Crippen LogP contribution in [-0.2, 0) is 16.1 Å². The molecule has 4 rings (SSSR count). The van der Waals surface area contributed by atoms with Crippen molar-refractivity contribution in [2.75, 3.05) is 19.8 Å². The maximum Gasteiger partial charge on any atom is 0.348 e. The quantitative estimate of drug-likeness (QED) is 0.608. The molecule has 0 saturated heterocycles. The van der Waals surface area contributed by atoms with Gasteiger partial charge in [0, 0.05) is 11.4 Å². The molecule has 0 atom stereocenters. The molecular formula is C23H21NO5S. The number of aryl methyl sites for hydroxylation is 1. The minimum atomic E-state index is -0.519. The molecule has 1 N–H and O–H groups in total. The fourth-order valence-corrected chi connectivity index (χ4v) is 3.86. The van der Waals surface area contributed by atoms with Crippen LogP contribution >= 0.6 is 11.3 Å². The molecule has 1 aliphatic heterocycles. The van der Waals surface area contributed by atoms with Gasteiger partial charge in [-0.3, -0.25) is 4.79 Å². The molecule has 6 nitrogen and oxygen atoms in total. The van der Waals surface area contributed by atoms with Crippen molar-refractivity contribution in [2.24, 2.45) is 0 Å². The van der Waals surface area contributed by atoms with Crippen LogP contribution in [-0.4, -0.2) is 31.7 Å². The van der Waals surface area contributed by atoms with Gasteiger partial charge in [0.2, 0.25) is 0 Å². The second-order valence-electron chi connectivity index (χ2n) is 6.86. The summed E-state index contributed by atoms with van der Waals surface area (Å²) >= 11 is 1.31. The number of esters is 1. The Labute approximate surface area is 178 Å². The van der Waals surface area contributed by atoms with Crippen LogP contribution in [0, 0.1) is 6.92 Å². The van der Waals surface area contributed by atoms with E-state index in [0.717, 1.165) is 27.3 Å². The van der Waals surface area contributed by atoms with E-state index in [0.29, 0.717) is 30.4 Å². The van der Waals surface area contributed by atoms with Crippen LogP contribution in [0.4, 0.5) is 0 Å². The molecule has 2 aromatic carbocycles. The van der Waals surface area contributed by atoms with Gasteiger partial charge in [-0.2, -0.15) is 0 Å². The summed E-state index contributed by atoms with van der Waals surface area (Å²) < 4.78 is 16.3. The third-order valence-electron chi connectivity index (χ3n) is 4.58. The molecule has 7 heteroatoms. The van der Waals surface area contributed by atoms with E-state index in [9.17, 15) is 9.59 Å². The van der Waals surface area contributed by atoms with Crippen LogP contribution in [0.15, 0.2) is 54.6 Å². The summed E-state index contributed by atoms with van der Waals surface area (Å²) in [4.78, 5) is 25.6. The molecule has 154 valence electrons. The molecule has 0 radical (unpaired) electrons. The number of hydrogen-bond acceptors (Lipinski definition) is 6. The first-order valence-electron chi connectivity index (χ1n) is 9.58. The highest BCUT2D eigenvalue weighted by Crippen LogP contribution is 2.37. The third-order valence-corrected chi connectivity index (χ3v) is 5.69. The van der Waals surface area contributed by atoms with Gasteiger partial charge in [-0.1, -0.05) is 29.8 Å². The zero-order chi connectivity index (χ0) is 20.9. The van der Waals surface area contributed by atoms with Gasteiger partial charge in [0.05, 0.1) is 0 Å². The average Bonchev–Trinajstić information content (AvgIpc) is 3.27. The van der Waals surface area contributed by atoms with Crippen molar-refractivity contribution < 1.29 is 23.8 Å². The summed E-state index contributed by atoms with van der Waals surface area (Å²) in [6.45, 7) is 3.14. The van der Waals surface area contributed by atoms with Crippen molar-refractivity contribution in [2.45, 2.75) is 13.5 Å². The van der Waals surface area contributed by atoms with Crippen LogP contribution in [0.1, 0.15) is 20.8 Å². The Kier molecular flexibility index (Phi) is 5.99. The normalized spacial score (nSPS) is 12.3. The molecule has 1 aliphatic rings. The van der Waals surface area contributed by atoms with Gasteiger partial charge in [-0.25, -0.2) is 4.79 Å². The van der Waals surface area contributed by atoms with Gasteiger partial charge < -0.3 is 19.5 Å². The number of carbonyl (C=O) groups is 2. The highest BCUT2D eigenvalue weighted by Gasteiger charge is 2.16. The lowest BCUT2D eigenvalue weighted by molar-refractivity contribution is -0.124. The zero-order valence-electron chi connectivity index (χ0n) is 16.5. The molecule has 2 heterocycles. The van der Waals surface area contributed by atoms with Crippen molar-refractivity contribution in [3.63, 3.8) is 0 Å². The van der Waals surface area contributed by atoms with E-state index in [1.54, 1.807) is 6.07 Å². The maximum absolute atomic E-state index is 12.3. The van der Waals surface area contributed by atoms with Crippen LogP contribution in [0.3, 0.4) is 0 Å². The monoisotopic (exact) mass is 423 g/mol. The molecule has 1 aromatic heterocycles. The number of hydrogen-bond donors (Lipinski definition) is 1. The Morgan fingerprint density at radius 1 is 1.00 bits per heavy atom. The fourth-order valence-electron chi connectivity index (χ4n) is 2.96. The van der Waals surface area contributed by atoms with Crippen molar-refractivity contribution in [3.8, 4) is 21.9 Å². The van der Waals surface area contributed by atoms with E-state index < -0.39 is 5.97 Å². The Hall–Kier alpha value is -3.32. The van der Waals surface area contributed by atoms with E-state index in [2.05, 4.69) is 5.32 Å². The molecule has 0 saturated carbocycles. The summed E-state index contributed by atoms with van der Waals surface area (Å²) in [6.07, 6.45) is 0. The Morgan fingerprint density at radius 3 is 2.57 bits per heavy atom. The zero-order valence-corrected chi connectivity index (χ0v) is 17.3. The van der Waals surface area contributed by atoms with Gasteiger partial charge in [-0.05, 0) is 48.4 Å². The van der Waals surface area contributed by atoms with Gasteiger partial charge >= 0.3 is 5.97 Å². The first-order chi connectivity index (χ1) is 14.6. The Morgan fingerprint density at radius 2 is 1.77 bits per heavy atom. The number of benzene rings is 2. The minimum absolute atomic E-state index is 0.318. The van der Waals surface area contributed by atoms with Crippen LogP contribution in [0.2, 0.25) is 0 Å². The first kappa shape index (κ1) is 20.0. The highest BCUT2D eigenvalue weighted by molar-refractivity contribution is 7.17. The molecule has 0 spiro atoms. The lowest BCUT2D eigenvalue weighted by atomic mass is 10.1. The van der Waals surface area contributed by atoms with E-state index in [1.807, 2.05) is 55.5 Å². The third kappa shape index (κ3) is 4.80. The lowest BCUT2D eigenvalue weighted by Gasteiger charge is -2.18. The maximum atomic E-state index is 12.3. The summed E-state index contributed by atoms with van der Waals surface area (Å²) in [5.74, 6) is 0.557. The molecule has 0 fully saturated rings. The molecule has 0 aliphatic carbocycles. The van der Waals surface area contributed by atoms with E-state index in [-0.39, 0.29) is 12.5 Å². The number of amides is 1. The van der Waals surface area contributed by atoms with Gasteiger partial charge in [0.15, 0.2) is 18.1 Å². The lowest BCUT2D eigenvalue weighted by Crippen LogP contribution is -2.28. The average molecular weight is 423 g/mol. The highest BCUT2D eigenvalue weighted by atomic mass is 32.1. The Balaban J connectivity index is 1.30. The summed E-state index contributed by atoms with van der Waals surface area (Å²) in [5, 5.41) is 2.75. The van der Waals surface area contributed by atoms with E-state index in [4.69, 9.17) is 14.2 Å². The molecule has 1 amide bonds. The second-order valence-corrected chi connectivity index (χ2v) is 7.94. The van der Waals surface area contributed by atoms with Crippen LogP contribution in [0.25, 0.3) is 10.4 Å². The SMILES string of the molecule is Cc1ccc(CNC(=O)COC(=O)c2ccc(-c3ccc4c(c3)OCCO4)s2)cc1. The Bertz CT molecular complexity index is 1060. The number of fused-ring (bicyclic) bond motifs is 1. The van der Waals surface area contributed by atoms with Crippen molar-refractivity contribution in [1.82, 2.24) is 5.32 Å². The second kappa shape index (κ2) is 9.00. The molecule has 3 aromatic rings. The van der Waals surface area contributed by atoms with Gasteiger partial charge in [-0.15, -0.1) is 11.3 Å². The first-order valence-corrected chi connectivity index (χ1v) is 10.4. The molecule has 0 bridgehead atoms. The number of carbonyl (C=O) groups excluding carboxylic acids is 2. The fraction of sp³-hybridized carbons (Fsp3) is 0.217. The molecular weight excluding hydrogens is 402 g/mol. The molecule has 30 heavy (non-hydrogen) atoms. The summed E-state index contributed by atoms with van der Waals surface area (Å²) in [6, 6.07) is 17.1. The van der Waals surface area contributed by atoms with Crippen LogP contribution < -0.4 is 14.8 Å². The van der Waals surface area contributed by atoms with Gasteiger partial charge in [0.25, 0.3) is 5.91 Å². The predicted molar refractivity (Wildman–Crippen MR) is 114 cm³/mol. The van der Waals surface area contributed by atoms with E-state index >= 15 is 0 Å². The number of rotatable bonds is 6. The largest absolute Gasteiger partial charge is 0.486 e.